The van der Waals surface area contributed by atoms with Gasteiger partial charge in [0.1, 0.15) is 0 Å². The molecule has 0 aliphatic carbocycles. The van der Waals surface area contributed by atoms with Crippen LogP contribution in [0, 0.1) is 5.92 Å². The first kappa shape index (κ1) is 10.3. The standard InChI is InChI=1S/C12H19N/c1-9(2)8-11-6-4-5-7-12(11)10(3)13/h4-7,9-10H,8,13H2,1-3H3. The monoisotopic (exact) mass is 177 g/mol. The summed E-state index contributed by atoms with van der Waals surface area (Å²) in [7, 11) is 0. The minimum absolute atomic E-state index is 0.148. The number of hydrogen-bond acceptors (Lipinski definition) is 1. The van der Waals surface area contributed by atoms with Crippen LogP contribution in [-0.4, -0.2) is 0 Å². The second-order valence-electron chi connectivity index (χ2n) is 4.09. The lowest BCUT2D eigenvalue weighted by molar-refractivity contribution is 0.636. The number of benzene rings is 1. The van der Waals surface area contributed by atoms with Gasteiger partial charge in [-0.05, 0) is 30.4 Å². The Morgan fingerprint density at radius 1 is 1.15 bits per heavy atom. The molecule has 0 saturated carbocycles. The summed E-state index contributed by atoms with van der Waals surface area (Å²) >= 11 is 0. The average Bonchev–Trinajstić information content (AvgIpc) is 2.03. The Morgan fingerprint density at radius 3 is 2.31 bits per heavy atom. The molecule has 0 spiro atoms. The zero-order chi connectivity index (χ0) is 9.84. The predicted molar refractivity (Wildman–Crippen MR) is 57.6 cm³/mol. The van der Waals surface area contributed by atoms with E-state index in [0.717, 1.165) is 6.42 Å². The Balaban J connectivity index is 2.91. The van der Waals surface area contributed by atoms with Crippen LogP contribution in [0.15, 0.2) is 24.3 Å². The fraction of sp³-hybridized carbons (Fsp3) is 0.500. The SMILES string of the molecule is CC(C)Cc1ccccc1C(C)N. The molecule has 0 radical (unpaired) electrons. The second-order valence-corrected chi connectivity index (χ2v) is 4.09. The summed E-state index contributed by atoms with van der Waals surface area (Å²) in [5.41, 5.74) is 8.57. The van der Waals surface area contributed by atoms with Crippen molar-refractivity contribution >= 4 is 0 Å². The van der Waals surface area contributed by atoms with Gasteiger partial charge in [-0.25, -0.2) is 0 Å². The summed E-state index contributed by atoms with van der Waals surface area (Å²) in [6, 6.07) is 8.60. The molecular formula is C12H19N. The van der Waals surface area contributed by atoms with Gasteiger partial charge < -0.3 is 5.73 Å². The highest BCUT2D eigenvalue weighted by Crippen LogP contribution is 2.18. The van der Waals surface area contributed by atoms with Crippen molar-refractivity contribution in [2.24, 2.45) is 11.7 Å². The third kappa shape index (κ3) is 2.85. The topological polar surface area (TPSA) is 26.0 Å². The maximum absolute atomic E-state index is 5.89. The van der Waals surface area contributed by atoms with E-state index in [2.05, 4.69) is 38.1 Å². The predicted octanol–water partition coefficient (Wildman–Crippen LogP) is 2.90. The third-order valence-electron chi connectivity index (χ3n) is 2.17. The van der Waals surface area contributed by atoms with Crippen molar-refractivity contribution in [3.8, 4) is 0 Å². The van der Waals surface area contributed by atoms with Crippen LogP contribution in [0.1, 0.15) is 37.9 Å². The zero-order valence-electron chi connectivity index (χ0n) is 8.75. The smallest absolute Gasteiger partial charge is 0.0268 e. The quantitative estimate of drug-likeness (QED) is 0.754. The Bertz CT molecular complexity index is 264. The number of hydrogen-bond donors (Lipinski definition) is 1. The van der Waals surface area contributed by atoms with E-state index in [9.17, 15) is 0 Å². The molecule has 13 heavy (non-hydrogen) atoms. The summed E-state index contributed by atoms with van der Waals surface area (Å²) in [4.78, 5) is 0. The van der Waals surface area contributed by atoms with Gasteiger partial charge in [-0.3, -0.25) is 0 Å². The molecule has 1 nitrogen and oxygen atoms in total. The Morgan fingerprint density at radius 2 is 1.77 bits per heavy atom. The lowest BCUT2D eigenvalue weighted by atomic mass is 9.95. The van der Waals surface area contributed by atoms with E-state index in [0.29, 0.717) is 5.92 Å². The van der Waals surface area contributed by atoms with E-state index in [1.54, 1.807) is 0 Å². The minimum Gasteiger partial charge on any atom is -0.324 e. The molecule has 2 N–H and O–H groups in total. The van der Waals surface area contributed by atoms with Crippen molar-refractivity contribution in [1.82, 2.24) is 0 Å². The van der Waals surface area contributed by atoms with Crippen LogP contribution < -0.4 is 5.73 Å². The van der Waals surface area contributed by atoms with Gasteiger partial charge in [0.25, 0.3) is 0 Å². The molecule has 0 saturated heterocycles. The number of nitrogens with two attached hydrogens (primary N) is 1. The molecule has 0 amide bonds. The van der Waals surface area contributed by atoms with Gasteiger partial charge in [0.15, 0.2) is 0 Å². The van der Waals surface area contributed by atoms with Gasteiger partial charge in [0.05, 0.1) is 0 Å². The Kier molecular flexibility index (Phi) is 3.49. The molecule has 1 rings (SSSR count). The van der Waals surface area contributed by atoms with Gasteiger partial charge in [-0.15, -0.1) is 0 Å². The summed E-state index contributed by atoms with van der Waals surface area (Å²) in [5.74, 6) is 0.694. The maximum Gasteiger partial charge on any atom is 0.0268 e. The molecule has 0 bridgehead atoms. The van der Waals surface area contributed by atoms with E-state index in [4.69, 9.17) is 5.73 Å². The van der Waals surface area contributed by atoms with Gasteiger partial charge in [-0.2, -0.15) is 0 Å². The molecule has 0 heterocycles. The number of rotatable bonds is 3. The molecule has 0 aromatic heterocycles. The van der Waals surface area contributed by atoms with Gasteiger partial charge in [-0.1, -0.05) is 38.1 Å². The summed E-state index contributed by atoms with van der Waals surface area (Å²) in [6.45, 7) is 6.51. The van der Waals surface area contributed by atoms with Crippen molar-refractivity contribution in [2.75, 3.05) is 0 Å². The van der Waals surface area contributed by atoms with E-state index in [1.165, 1.54) is 11.1 Å². The summed E-state index contributed by atoms with van der Waals surface area (Å²) in [5, 5.41) is 0. The third-order valence-corrected chi connectivity index (χ3v) is 2.17. The first-order chi connectivity index (χ1) is 6.11. The van der Waals surface area contributed by atoms with Crippen molar-refractivity contribution in [1.29, 1.82) is 0 Å². The van der Waals surface area contributed by atoms with Gasteiger partial charge >= 0.3 is 0 Å². The lowest BCUT2D eigenvalue weighted by Gasteiger charge is -2.13. The first-order valence-corrected chi connectivity index (χ1v) is 4.94. The van der Waals surface area contributed by atoms with Crippen LogP contribution in [0.2, 0.25) is 0 Å². The van der Waals surface area contributed by atoms with Crippen LogP contribution in [-0.2, 0) is 6.42 Å². The maximum atomic E-state index is 5.89. The molecule has 0 fully saturated rings. The fourth-order valence-corrected chi connectivity index (χ4v) is 1.60. The van der Waals surface area contributed by atoms with Crippen LogP contribution >= 0.6 is 0 Å². The van der Waals surface area contributed by atoms with E-state index >= 15 is 0 Å². The largest absolute Gasteiger partial charge is 0.324 e. The minimum atomic E-state index is 0.148. The molecule has 1 heteroatoms. The highest BCUT2D eigenvalue weighted by atomic mass is 14.6. The molecule has 72 valence electrons. The van der Waals surface area contributed by atoms with Crippen LogP contribution in [0.4, 0.5) is 0 Å². The first-order valence-electron chi connectivity index (χ1n) is 4.94. The van der Waals surface area contributed by atoms with Crippen molar-refractivity contribution in [2.45, 2.75) is 33.2 Å². The highest BCUT2D eigenvalue weighted by molar-refractivity contribution is 5.29. The Labute approximate surface area is 81.0 Å². The molecule has 1 unspecified atom stereocenters. The van der Waals surface area contributed by atoms with Crippen molar-refractivity contribution < 1.29 is 0 Å². The molecular weight excluding hydrogens is 158 g/mol. The lowest BCUT2D eigenvalue weighted by Crippen LogP contribution is -2.09. The summed E-state index contributed by atoms with van der Waals surface area (Å²) in [6.07, 6.45) is 1.12. The van der Waals surface area contributed by atoms with Crippen LogP contribution in [0.3, 0.4) is 0 Å². The van der Waals surface area contributed by atoms with Gasteiger partial charge in [0.2, 0.25) is 0 Å². The molecule has 0 aliphatic rings. The average molecular weight is 177 g/mol. The fourth-order valence-electron chi connectivity index (χ4n) is 1.60. The van der Waals surface area contributed by atoms with Crippen molar-refractivity contribution in [3.63, 3.8) is 0 Å². The van der Waals surface area contributed by atoms with E-state index in [1.807, 2.05) is 6.92 Å². The molecule has 1 atom stereocenters. The molecule has 1 aromatic rings. The van der Waals surface area contributed by atoms with E-state index < -0.39 is 0 Å². The van der Waals surface area contributed by atoms with Crippen molar-refractivity contribution in [3.05, 3.63) is 35.4 Å². The van der Waals surface area contributed by atoms with Gasteiger partial charge in [0, 0.05) is 6.04 Å². The normalized spacial score (nSPS) is 13.3. The van der Waals surface area contributed by atoms with E-state index in [-0.39, 0.29) is 6.04 Å². The van der Waals surface area contributed by atoms with Crippen LogP contribution in [0.25, 0.3) is 0 Å². The second kappa shape index (κ2) is 4.43. The highest BCUT2D eigenvalue weighted by Gasteiger charge is 2.06. The molecule has 0 aliphatic heterocycles. The van der Waals surface area contributed by atoms with Crippen LogP contribution in [0.5, 0.6) is 0 Å². The zero-order valence-corrected chi connectivity index (χ0v) is 8.75. The summed E-state index contributed by atoms with van der Waals surface area (Å²) < 4.78 is 0. The Hall–Kier alpha value is -0.820. The molecule has 1 aromatic carbocycles.